The van der Waals surface area contributed by atoms with Gasteiger partial charge < -0.3 is 15.0 Å². The van der Waals surface area contributed by atoms with Gasteiger partial charge in [0.15, 0.2) is 0 Å². The van der Waals surface area contributed by atoms with E-state index in [4.69, 9.17) is 4.74 Å². The lowest BCUT2D eigenvalue weighted by atomic mass is 9.78. The number of nitrogens with zero attached hydrogens (tertiary/aromatic N) is 1. The molecule has 0 radical (unpaired) electrons. The summed E-state index contributed by atoms with van der Waals surface area (Å²) in [6.07, 6.45) is 6.16. The summed E-state index contributed by atoms with van der Waals surface area (Å²) >= 11 is 0. The fourth-order valence-electron chi connectivity index (χ4n) is 3.47. The van der Waals surface area contributed by atoms with Gasteiger partial charge in [-0.1, -0.05) is 26.7 Å². The number of ether oxygens (including phenoxy) is 1. The van der Waals surface area contributed by atoms with Gasteiger partial charge in [0.25, 0.3) is 0 Å². The Bertz CT molecular complexity index is 350. The molecule has 2 atom stereocenters. The maximum atomic E-state index is 12.1. The Morgan fingerprint density at radius 2 is 1.91 bits per heavy atom. The summed E-state index contributed by atoms with van der Waals surface area (Å²) in [5, 5.41) is 3.74. The molecule has 2 unspecified atom stereocenters. The topological polar surface area (TPSA) is 41.6 Å². The van der Waals surface area contributed by atoms with Crippen molar-refractivity contribution in [1.29, 1.82) is 0 Å². The lowest BCUT2D eigenvalue weighted by Crippen LogP contribution is -2.42. The highest BCUT2D eigenvalue weighted by Crippen LogP contribution is 2.30. The van der Waals surface area contributed by atoms with E-state index in [1.54, 1.807) is 4.90 Å². The van der Waals surface area contributed by atoms with Gasteiger partial charge in [-0.3, -0.25) is 0 Å². The van der Waals surface area contributed by atoms with Gasteiger partial charge in [-0.05, 0) is 65.3 Å². The largest absolute Gasteiger partial charge is 0.444 e. The summed E-state index contributed by atoms with van der Waals surface area (Å²) in [6, 6.07) is 0.653. The van der Waals surface area contributed by atoms with Crippen molar-refractivity contribution in [3.63, 3.8) is 0 Å². The summed E-state index contributed by atoms with van der Waals surface area (Å²) in [7, 11) is 0. The van der Waals surface area contributed by atoms with E-state index in [0.717, 1.165) is 31.3 Å². The number of rotatable bonds is 7. The second-order valence-electron chi connectivity index (χ2n) is 8.17. The van der Waals surface area contributed by atoms with Crippen LogP contribution in [0, 0.1) is 11.8 Å². The molecule has 1 fully saturated rings. The first-order chi connectivity index (χ1) is 10.7. The molecule has 0 heterocycles. The van der Waals surface area contributed by atoms with Crippen LogP contribution in [0.1, 0.15) is 73.6 Å². The summed E-state index contributed by atoms with van der Waals surface area (Å²) in [5.74, 6) is 1.55. The molecule has 0 bridgehead atoms. The van der Waals surface area contributed by atoms with Gasteiger partial charge in [-0.2, -0.15) is 0 Å². The van der Waals surface area contributed by atoms with Gasteiger partial charge in [0.2, 0.25) is 0 Å². The van der Waals surface area contributed by atoms with Crippen LogP contribution in [0.15, 0.2) is 0 Å². The molecule has 0 aromatic heterocycles. The molecule has 0 saturated heterocycles. The van der Waals surface area contributed by atoms with E-state index in [0.29, 0.717) is 12.6 Å². The molecule has 1 rings (SSSR count). The molecular formula is C19H38N2O2. The highest BCUT2D eigenvalue weighted by molar-refractivity contribution is 5.68. The number of hydrogen-bond acceptors (Lipinski definition) is 3. The van der Waals surface area contributed by atoms with Crippen LogP contribution in [0.4, 0.5) is 4.79 Å². The quantitative estimate of drug-likeness (QED) is 0.703. The van der Waals surface area contributed by atoms with Gasteiger partial charge in [0.1, 0.15) is 5.60 Å². The third-order valence-electron chi connectivity index (χ3n) is 4.72. The molecule has 0 aliphatic heterocycles. The standard InChI is InChI=1S/C19H38N2O2/c1-7-21(18(22)23-19(4,5)6)14-10-13-20-17-12-9-8-11-16(17)15(2)3/h15-17,20H,7-14H2,1-6H3. The Labute approximate surface area is 143 Å². The number of hydrogen-bond donors (Lipinski definition) is 1. The Morgan fingerprint density at radius 1 is 1.26 bits per heavy atom. The van der Waals surface area contributed by atoms with Crippen molar-refractivity contribution in [2.45, 2.75) is 85.3 Å². The fourth-order valence-corrected chi connectivity index (χ4v) is 3.47. The predicted octanol–water partition coefficient (Wildman–Crippen LogP) is 4.44. The monoisotopic (exact) mass is 326 g/mol. The van der Waals surface area contributed by atoms with Crippen LogP contribution in [0.2, 0.25) is 0 Å². The van der Waals surface area contributed by atoms with Crippen molar-refractivity contribution in [2.75, 3.05) is 19.6 Å². The molecule has 136 valence electrons. The highest BCUT2D eigenvalue weighted by Gasteiger charge is 2.27. The first kappa shape index (κ1) is 20.3. The van der Waals surface area contributed by atoms with Crippen LogP contribution in [0.5, 0.6) is 0 Å². The summed E-state index contributed by atoms with van der Waals surface area (Å²) < 4.78 is 5.45. The van der Waals surface area contributed by atoms with Gasteiger partial charge in [0.05, 0.1) is 0 Å². The molecule has 0 aromatic carbocycles. The van der Waals surface area contributed by atoms with Crippen LogP contribution in [0.25, 0.3) is 0 Å². The van der Waals surface area contributed by atoms with Crippen molar-refractivity contribution in [1.82, 2.24) is 10.2 Å². The first-order valence-electron chi connectivity index (χ1n) is 9.46. The Kier molecular flexibility index (Phi) is 8.38. The maximum absolute atomic E-state index is 12.1. The normalized spacial score (nSPS) is 22.2. The first-order valence-corrected chi connectivity index (χ1v) is 9.46. The number of carbonyl (C=O) groups is 1. The average Bonchev–Trinajstić information content (AvgIpc) is 2.45. The van der Waals surface area contributed by atoms with Crippen molar-refractivity contribution in [3.05, 3.63) is 0 Å². The number of carbonyl (C=O) groups excluding carboxylic acids is 1. The second-order valence-corrected chi connectivity index (χ2v) is 8.17. The van der Waals surface area contributed by atoms with E-state index < -0.39 is 5.60 Å². The van der Waals surface area contributed by atoms with Crippen LogP contribution in [0.3, 0.4) is 0 Å². The zero-order valence-corrected chi connectivity index (χ0v) is 16.2. The Morgan fingerprint density at radius 3 is 2.48 bits per heavy atom. The summed E-state index contributed by atoms with van der Waals surface area (Å²) in [4.78, 5) is 13.9. The molecular weight excluding hydrogens is 288 g/mol. The van der Waals surface area contributed by atoms with Gasteiger partial charge >= 0.3 is 6.09 Å². The molecule has 4 nitrogen and oxygen atoms in total. The summed E-state index contributed by atoms with van der Waals surface area (Å²) in [6.45, 7) is 14.9. The van der Waals surface area contributed by atoms with Crippen molar-refractivity contribution < 1.29 is 9.53 Å². The van der Waals surface area contributed by atoms with E-state index in [9.17, 15) is 4.79 Å². The molecule has 0 aromatic rings. The van der Waals surface area contributed by atoms with Crippen LogP contribution in [-0.4, -0.2) is 42.3 Å². The van der Waals surface area contributed by atoms with Crippen LogP contribution < -0.4 is 5.32 Å². The van der Waals surface area contributed by atoms with E-state index >= 15 is 0 Å². The molecule has 1 aliphatic rings. The van der Waals surface area contributed by atoms with Gasteiger partial charge in [-0.25, -0.2) is 4.79 Å². The maximum Gasteiger partial charge on any atom is 0.410 e. The number of amides is 1. The molecule has 1 amide bonds. The molecule has 1 saturated carbocycles. The average molecular weight is 327 g/mol. The zero-order chi connectivity index (χ0) is 17.5. The van der Waals surface area contributed by atoms with E-state index in [-0.39, 0.29) is 6.09 Å². The zero-order valence-electron chi connectivity index (χ0n) is 16.2. The lowest BCUT2D eigenvalue weighted by molar-refractivity contribution is 0.0257. The molecule has 4 heteroatoms. The van der Waals surface area contributed by atoms with Crippen molar-refractivity contribution in [2.24, 2.45) is 11.8 Å². The lowest BCUT2D eigenvalue weighted by Gasteiger charge is -2.35. The minimum atomic E-state index is -0.421. The van der Waals surface area contributed by atoms with E-state index in [2.05, 4.69) is 19.2 Å². The fraction of sp³-hybridized carbons (Fsp3) is 0.947. The molecule has 1 N–H and O–H groups in total. The number of nitrogens with one attached hydrogen (secondary N) is 1. The minimum absolute atomic E-state index is 0.197. The molecule has 1 aliphatic carbocycles. The Hall–Kier alpha value is -0.770. The third kappa shape index (κ3) is 7.56. The third-order valence-corrected chi connectivity index (χ3v) is 4.72. The molecule has 23 heavy (non-hydrogen) atoms. The van der Waals surface area contributed by atoms with Crippen LogP contribution >= 0.6 is 0 Å². The highest BCUT2D eigenvalue weighted by atomic mass is 16.6. The van der Waals surface area contributed by atoms with Crippen molar-refractivity contribution in [3.8, 4) is 0 Å². The summed E-state index contributed by atoms with van der Waals surface area (Å²) in [5.41, 5.74) is -0.421. The Balaban J connectivity index is 2.32. The van der Waals surface area contributed by atoms with Gasteiger partial charge in [-0.15, -0.1) is 0 Å². The molecule has 0 spiro atoms. The SMILES string of the molecule is CCN(CCCNC1CCCCC1C(C)C)C(=O)OC(C)(C)C. The van der Waals surface area contributed by atoms with E-state index in [1.807, 2.05) is 27.7 Å². The predicted molar refractivity (Wildman–Crippen MR) is 96.7 cm³/mol. The smallest absolute Gasteiger partial charge is 0.410 e. The van der Waals surface area contributed by atoms with Crippen LogP contribution in [-0.2, 0) is 4.74 Å². The van der Waals surface area contributed by atoms with E-state index in [1.165, 1.54) is 25.7 Å². The minimum Gasteiger partial charge on any atom is -0.444 e. The second kappa shape index (κ2) is 9.51. The van der Waals surface area contributed by atoms with Crippen molar-refractivity contribution >= 4 is 6.09 Å². The van der Waals surface area contributed by atoms with Gasteiger partial charge in [0, 0.05) is 19.1 Å².